The standard InChI is InChI=1S/C10H13F4N3O/c1-15-8(7-2-16-6-17-3-7)4-18-5-10(13,14)9(11)12/h2-3,6,8-9,15H,4-5H2,1H3. The molecule has 1 N–H and O–H groups in total. The first-order valence-corrected chi connectivity index (χ1v) is 5.13. The summed E-state index contributed by atoms with van der Waals surface area (Å²) in [5.74, 6) is -4.13. The predicted octanol–water partition coefficient (Wildman–Crippen LogP) is 1.65. The molecule has 1 atom stereocenters. The van der Waals surface area contributed by atoms with Crippen molar-refractivity contribution in [2.24, 2.45) is 0 Å². The molecule has 0 radical (unpaired) electrons. The van der Waals surface area contributed by atoms with Crippen molar-refractivity contribution in [2.45, 2.75) is 18.4 Å². The fraction of sp³-hybridized carbons (Fsp3) is 0.600. The van der Waals surface area contributed by atoms with Crippen molar-refractivity contribution in [3.8, 4) is 0 Å². The largest absolute Gasteiger partial charge is 0.373 e. The summed E-state index contributed by atoms with van der Waals surface area (Å²) in [6, 6.07) is -0.431. The van der Waals surface area contributed by atoms with E-state index in [9.17, 15) is 17.6 Å². The van der Waals surface area contributed by atoms with E-state index >= 15 is 0 Å². The van der Waals surface area contributed by atoms with Gasteiger partial charge in [0.2, 0.25) is 0 Å². The molecule has 0 aromatic carbocycles. The van der Waals surface area contributed by atoms with Gasteiger partial charge < -0.3 is 10.1 Å². The topological polar surface area (TPSA) is 47.0 Å². The third-order valence-corrected chi connectivity index (χ3v) is 2.23. The second-order valence-electron chi connectivity index (χ2n) is 3.59. The molecule has 102 valence electrons. The van der Waals surface area contributed by atoms with E-state index in [-0.39, 0.29) is 6.61 Å². The van der Waals surface area contributed by atoms with Crippen LogP contribution < -0.4 is 5.32 Å². The number of hydrogen-bond donors (Lipinski definition) is 1. The number of nitrogens with zero attached hydrogens (tertiary/aromatic N) is 2. The Morgan fingerprint density at radius 3 is 2.44 bits per heavy atom. The van der Waals surface area contributed by atoms with Gasteiger partial charge >= 0.3 is 12.3 Å². The van der Waals surface area contributed by atoms with Crippen LogP contribution >= 0.6 is 0 Å². The Kier molecular flexibility index (Phi) is 5.42. The molecular formula is C10H13F4N3O. The van der Waals surface area contributed by atoms with Gasteiger partial charge in [0.05, 0.1) is 12.6 Å². The van der Waals surface area contributed by atoms with Gasteiger partial charge in [-0.2, -0.15) is 8.78 Å². The molecule has 0 saturated carbocycles. The lowest BCUT2D eigenvalue weighted by atomic mass is 10.2. The summed E-state index contributed by atoms with van der Waals surface area (Å²) in [7, 11) is 1.59. The average molecular weight is 267 g/mol. The minimum absolute atomic E-state index is 0.174. The smallest absolute Gasteiger partial charge is 0.330 e. The molecule has 0 saturated heterocycles. The van der Waals surface area contributed by atoms with Crippen molar-refractivity contribution in [3.05, 3.63) is 24.3 Å². The summed E-state index contributed by atoms with van der Waals surface area (Å²) < 4.78 is 53.5. The number of ether oxygens (including phenoxy) is 1. The molecule has 0 bridgehead atoms. The molecular weight excluding hydrogens is 254 g/mol. The average Bonchev–Trinajstić information content (AvgIpc) is 2.35. The van der Waals surface area contributed by atoms with Crippen LogP contribution in [0.25, 0.3) is 0 Å². The van der Waals surface area contributed by atoms with Crippen molar-refractivity contribution in [3.63, 3.8) is 0 Å². The highest BCUT2D eigenvalue weighted by Crippen LogP contribution is 2.23. The van der Waals surface area contributed by atoms with Crippen molar-refractivity contribution in [1.82, 2.24) is 15.3 Å². The van der Waals surface area contributed by atoms with Crippen LogP contribution in [-0.2, 0) is 4.74 Å². The Morgan fingerprint density at radius 1 is 1.33 bits per heavy atom. The molecule has 4 nitrogen and oxygen atoms in total. The number of hydrogen-bond acceptors (Lipinski definition) is 4. The van der Waals surface area contributed by atoms with E-state index in [0.717, 1.165) is 0 Å². The lowest BCUT2D eigenvalue weighted by molar-refractivity contribution is -0.167. The SMILES string of the molecule is CNC(COCC(F)(F)C(F)F)c1cncnc1. The first-order chi connectivity index (χ1) is 8.47. The van der Waals surface area contributed by atoms with E-state index in [1.54, 1.807) is 7.05 Å². The predicted molar refractivity (Wildman–Crippen MR) is 55.6 cm³/mol. The molecule has 0 aliphatic carbocycles. The third kappa shape index (κ3) is 4.19. The molecule has 1 aromatic rings. The number of halogens is 4. The maximum atomic E-state index is 12.6. The van der Waals surface area contributed by atoms with Gasteiger partial charge in [-0.1, -0.05) is 0 Å². The van der Waals surface area contributed by atoms with Gasteiger partial charge in [-0.15, -0.1) is 0 Å². The van der Waals surface area contributed by atoms with Gasteiger partial charge in [0.15, 0.2) is 0 Å². The van der Waals surface area contributed by atoms with Gasteiger partial charge in [0.25, 0.3) is 0 Å². The molecule has 1 heterocycles. The van der Waals surface area contributed by atoms with Crippen LogP contribution in [0.5, 0.6) is 0 Å². The maximum absolute atomic E-state index is 12.6. The molecule has 8 heteroatoms. The highest BCUT2D eigenvalue weighted by molar-refractivity contribution is 5.08. The zero-order chi connectivity index (χ0) is 13.6. The van der Waals surface area contributed by atoms with Gasteiger partial charge in [-0.3, -0.25) is 0 Å². The Hall–Kier alpha value is -1.28. The summed E-state index contributed by atoms with van der Waals surface area (Å²) in [5, 5.41) is 2.80. The van der Waals surface area contributed by atoms with Crippen LogP contribution in [-0.4, -0.2) is 42.6 Å². The Labute approximate surface area is 101 Å². The maximum Gasteiger partial charge on any atom is 0.330 e. The number of rotatable bonds is 7. The lowest BCUT2D eigenvalue weighted by Gasteiger charge is -2.19. The highest BCUT2D eigenvalue weighted by atomic mass is 19.3. The number of aromatic nitrogens is 2. The van der Waals surface area contributed by atoms with E-state index in [1.807, 2.05) is 0 Å². The monoisotopic (exact) mass is 267 g/mol. The Balaban J connectivity index is 2.47. The van der Waals surface area contributed by atoms with Gasteiger partial charge in [0.1, 0.15) is 12.9 Å². The van der Waals surface area contributed by atoms with Crippen LogP contribution in [0.1, 0.15) is 11.6 Å². The molecule has 18 heavy (non-hydrogen) atoms. The first-order valence-electron chi connectivity index (χ1n) is 5.13. The zero-order valence-electron chi connectivity index (χ0n) is 9.62. The van der Waals surface area contributed by atoms with E-state index in [4.69, 9.17) is 0 Å². The number of alkyl halides is 4. The van der Waals surface area contributed by atoms with Crippen LogP contribution in [0.3, 0.4) is 0 Å². The van der Waals surface area contributed by atoms with E-state index < -0.39 is 25.0 Å². The van der Waals surface area contributed by atoms with Crippen LogP contribution in [0.2, 0.25) is 0 Å². The summed E-state index contributed by atoms with van der Waals surface area (Å²) in [5.41, 5.74) is 0.625. The van der Waals surface area contributed by atoms with Crippen molar-refractivity contribution in [2.75, 3.05) is 20.3 Å². The summed E-state index contributed by atoms with van der Waals surface area (Å²) in [4.78, 5) is 7.53. The van der Waals surface area contributed by atoms with E-state index in [0.29, 0.717) is 5.56 Å². The van der Waals surface area contributed by atoms with Gasteiger partial charge in [-0.25, -0.2) is 18.7 Å². The molecule has 1 rings (SSSR count). The van der Waals surface area contributed by atoms with E-state index in [2.05, 4.69) is 20.0 Å². The molecule has 1 unspecified atom stereocenters. The van der Waals surface area contributed by atoms with Crippen molar-refractivity contribution >= 4 is 0 Å². The molecule has 0 spiro atoms. The summed E-state index contributed by atoms with van der Waals surface area (Å²) in [6.45, 7) is -1.50. The minimum atomic E-state index is -4.13. The minimum Gasteiger partial charge on any atom is -0.373 e. The van der Waals surface area contributed by atoms with Gasteiger partial charge in [-0.05, 0) is 7.05 Å². The highest BCUT2D eigenvalue weighted by Gasteiger charge is 2.41. The first kappa shape index (κ1) is 14.8. The molecule has 0 amide bonds. The fourth-order valence-corrected chi connectivity index (χ4v) is 1.21. The molecule has 0 aliphatic heterocycles. The van der Waals surface area contributed by atoms with E-state index in [1.165, 1.54) is 18.7 Å². The summed E-state index contributed by atoms with van der Waals surface area (Å²) in [6.07, 6.45) is 0.568. The van der Waals surface area contributed by atoms with Gasteiger partial charge in [0, 0.05) is 18.0 Å². The number of nitrogens with one attached hydrogen (secondary N) is 1. The van der Waals surface area contributed by atoms with Crippen LogP contribution in [0.4, 0.5) is 17.6 Å². The Morgan fingerprint density at radius 2 is 1.94 bits per heavy atom. The van der Waals surface area contributed by atoms with Crippen molar-refractivity contribution < 1.29 is 22.3 Å². The quantitative estimate of drug-likeness (QED) is 0.763. The summed E-state index contributed by atoms with van der Waals surface area (Å²) >= 11 is 0. The second-order valence-corrected chi connectivity index (χ2v) is 3.59. The Bertz CT molecular complexity index is 350. The third-order valence-electron chi connectivity index (χ3n) is 2.23. The molecule has 1 aromatic heterocycles. The lowest BCUT2D eigenvalue weighted by Crippen LogP contribution is -2.34. The normalized spacial score (nSPS) is 13.9. The van der Waals surface area contributed by atoms with Crippen LogP contribution in [0, 0.1) is 0 Å². The molecule has 0 fully saturated rings. The molecule has 0 aliphatic rings. The fourth-order valence-electron chi connectivity index (χ4n) is 1.21. The van der Waals surface area contributed by atoms with Crippen molar-refractivity contribution in [1.29, 1.82) is 0 Å². The zero-order valence-corrected chi connectivity index (χ0v) is 9.62. The number of likely N-dealkylation sites (N-methyl/N-ethyl adjacent to an activating group) is 1. The van der Waals surface area contributed by atoms with Crippen LogP contribution in [0.15, 0.2) is 18.7 Å². The second kappa shape index (κ2) is 6.60.